The van der Waals surface area contributed by atoms with Crippen LogP contribution >= 0.6 is 0 Å². The van der Waals surface area contributed by atoms with Gasteiger partial charge in [-0.3, -0.25) is 4.90 Å². The second-order valence-electron chi connectivity index (χ2n) is 14.1. The van der Waals surface area contributed by atoms with Gasteiger partial charge in [-0.25, -0.2) is 4.98 Å². The molecule has 0 saturated heterocycles. The van der Waals surface area contributed by atoms with Crippen molar-refractivity contribution in [3.05, 3.63) is 162 Å². The number of aromatic nitrogens is 2. The summed E-state index contributed by atoms with van der Waals surface area (Å²) in [5.41, 5.74) is 10.4. The Balaban J connectivity index is 1.30. The number of fused-ring (bicyclic) bond motifs is 12. The first-order chi connectivity index (χ1) is 27.6. The molecule has 1 aliphatic carbocycles. The Bertz CT molecular complexity index is 3330. The van der Waals surface area contributed by atoms with Gasteiger partial charge < -0.3 is 13.4 Å². The van der Waals surface area contributed by atoms with Crippen LogP contribution in [0, 0.1) is 6.92 Å². The van der Waals surface area contributed by atoms with Crippen molar-refractivity contribution >= 4 is 71.9 Å². The maximum absolute atomic E-state index is 9.01. The van der Waals surface area contributed by atoms with Crippen molar-refractivity contribution in [2.75, 3.05) is 4.90 Å². The third-order valence-corrected chi connectivity index (χ3v) is 10.8. The number of anilines is 3. The van der Waals surface area contributed by atoms with E-state index in [0.29, 0.717) is 16.9 Å². The van der Waals surface area contributed by atoms with Crippen molar-refractivity contribution in [2.45, 2.75) is 26.2 Å². The van der Waals surface area contributed by atoms with Gasteiger partial charge in [-0.05, 0) is 78.2 Å². The zero-order valence-electron chi connectivity index (χ0n) is 33.6. The Labute approximate surface area is 307 Å². The predicted octanol–water partition coefficient (Wildman–Crippen LogP) is 12.9. The van der Waals surface area contributed by atoms with Crippen molar-refractivity contribution in [1.29, 1.82) is 0 Å². The molecule has 6 aromatic carbocycles. The van der Waals surface area contributed by atoms with Gasteiger partial charge in [-0.15, -0.1) is 0 Å². The molecule has 4 aromatic heterocycles. The molecular formula is C47H33N3O2. The summed E-state index contributed by atoms with van der Waals surface area (Å²) in [6.45, 7) is 6.50. The Morgan fingerprint density at radius 2 is 1.50 bits per heavy atom. The fourth-order valence-corrected chi connectivity index (χ4v) is 8.49. The second-order valence-corrected chi connectivity index (χ2v) is 14.1. The number of para-hydroxylation sites is 3. The largest absolute Gasteiger partial charge is 0.464 e. The van der Waals surface area contributed by atoms with Gasteiger partial charge in [0.15, 0.2) is 0 Å². The van der Waals surface area contributed by atoms with E-state index in [4.69, 9.17) is 20.7 Å². The Morgan fingerprint density at radius 3 is 2.35 bits per heavy atom. The predicted molar refractivity (Wildman–Crippen MR) is 213 cm³/mol. The van der Waals surface area contributed by atoms with Crippen molar-refractivity contribution in [3.63, 3.8) is 0 Å². The molecule has 5 heteroatoms. The van der Waals surface area contributed by atoms with Gasteiger partial charge in [-0.2, -0.15) is 0 Å². The Hall–Kier alpha value is -6.59. The van der Waals surface area contributed by atoms with Crippen LogP contribution in [0.15, 0.2) is 155 Å². The summed E-state index contributed by atoms with van der Waals surface area (Å²) in [6.07, 6.45) is 3.61. The summed E-state index contributed by atoms with van der Waals surface area (Å²) >= 11 is 0. The average molecular weight is 677 g/mol. The minimum absolute atomic E-state index is 0.0915. The minimum Gasteiger partial charge on any atom is -0.464 e. The van der Waals surface area contributed by atoms with Gasteiger partial charge in [0, 0.05) is 50.0 Å². The van der Waals surface area contributed by atoms with Crippen molar-refractivity contribution < 1.29 is 15.7 Å². The smallest absolute Gasteiger partial charge is 0.145 e. The molecule has 0 saturated carbocycles. The molecule has 0 radical (unpaired) electrons. The first-order valence-electron chi connectivity index (χ1n) is 19.9. The summed E-state index contributed by atoms with van der Waals surface area (Å²) in [5, 5.41) is 4.59. The van der Waals surface area contributed by atoms with Crippen LogP contribution in [0.5, 0.6) is 0 Å². The van der Waals surface area contributed by atoms with E-state index in [1.807, 2.05) is 79.9 Å². The second kappa shape index (κ2) is 10.5. The number of hydrogen-bond acceptors (Lipinski definition) is 4. The van der Waals surface area contributed by atoms with Crippen molar-refractivity contribution in [2.24, 2.45) is 0 Å². The first-order valence-corrected chi connectivity index (χ1v) is 17.4. The van der Waals surface area contributed by atoms with E-state index in [-0.39, 0.29) is 29.9 Å². The number of aryl methyl sites for hydroxylation is 1. The van der Waals surface area contributed by atoms with Gasteiger partial charge in [0.25, 0.3) is 0 Å². The highest BCUT2D eigenvalue weighted by molar-refractivity contribution is 6.22. The Morgan fingerprint density at radius 1 is 0.712 bits per heavy atom. The van der Waals surface area contributed by atoms with Crippen LogP contribution in [0.4, 0.5) is 17.2 Å². The maximum Gasteiger partial charge on any atom is 0.145 e. The lowest BCUT2D eigenvalue weighted by Gasteiger charge is -2.29. The molecule has 5 nitrogen and oxygen atoms in total. The monoisotopic (exact) mass is 676 g/mol. The molecule has 52 heavy (non-hydrogen) atoms. The summed E-state index contributed by atoms with van der Waals surface area (Å²) < 4.78 is 58.4. The van der Waals surface area contributed by atoms with E-state index in [1.165, 1.54) is 0 Å². The topological polar surface area (TPSA) is 47.3 Å². The highest BCUT2D eigenvalue weighted by Gasteiger charge is 2.41. The van der Waals surface area contributed by atoms with E-state index < -0.39 is 11.5 Å². The van der Waals surface area contributed by atoms with Crippen LogP contribution in [-0.4, -0.2) is 9.55 Å². The third-order valence-electron chi connectivity index (χ3n) is 10.8. The zero-order chi connectivity index (χ0) is 39.1. The van der Waals surface area contributed by atoms with E-state index in [0.717, 1.165) is 82.9 Å². The van der Waals surface area contributed by atoms with E-state index >= 15 is 0 Å². The lowest BCUT2D eigenvalue weighted by Crippen LogP contribution is -2.17. The molecule has 248 valence electrons. The normalized spacial score (nSPS) is 14.8. The van der Waals surface area contributed by atoms with Gasteiger partial charge in [-0.1, -0.05) is 92.6 Å². The van der Waals surface area contributed by atoms with Crippen LogP contribution in [0.25, 0.3) is 71.5 Å². The molecule has 1 aliphatic rings. The average Bonchev–Trinajstić information content (AvgIpc) is 3.99. The molecule has 11 rings (SSSR count). The summed E-state index contributed by atoms with van der Waals surface area (Å²) in [5.74, 6) is 0.681. The zero-order valence-corrected chi connectivity index (χ0v) is 28.6. The molecule has 10 aromatic rings. The maximum atomic E-state index is 9.01. The molecule has 0 unspecified atom stereocenters. The molecule has 0 atom stereocenters. The van der Waals surface area contributed by atoms with E-state index in [2.05, 4.69) is 55.1 Å². The van der Waals surface area contributed by atoms with Crippen LogP contribution in [0.3, 0.4) is 0 Å². The third kappa shape index (κ3) is 3.85. The van der Waals surface area contributed by atoms with Gasteiger partial charge in [0.05, 0.1) is 40.9 Å². The number of nitrogens with zero attached hydrogens (tertiary/aromatic N) is 3. The highest BCUT2D eigenvalue weighted by atomic mass is 16.3. The number of pyridine rings is 1. The fraction of sp³-hybridized carbons (Fsp3) is 0.0851. The molecule has 0 fully saturated rings. The molecule has 0 aliphatic heterocycles. The van der Waals surface area contributed by atoms with E-state index in [9.17, 15) is 0 Å². The lowest BCUT2D eigenvalue weighted by molar-refractivity contribution is 0.614. The summed E-state index contributed by atoms with van der Waals surface area (Å²) in [7, 11) is 0. The van der Waals surface area contributed by atoms with Crippen LogP contribution < -0.4 is 4.90 Å². The van der Waals surface area contributed by atoms with Gasteiger partial charge in [0.2, 0.25) is 0 Å². The lowest BCUT2D eigenvalue weighted by atomic mass is 9.82. The quantitative estimate of drug-likeness (QED) is 0.186. The molecule has 4 heterocycles. The number of benzene rings is 6. The molecule has 0 bridgehead atoms. The molecular weight excluding hydrogens is 639 g/mol. The minimum atomic E-state index is -0.433. The molecule has 0 amide bonds. The van der Waals surface area contributed by atoms with Crippen LogP contribution in [-0.2, 0) is 5.41 Å². The number of hydrogen-bond donors (Lipinski definition) is 0. The summed E-state index contributed by atoms with van der Waals surface area (Å²) in [6, 6.07) is 32.8. The number of rotatable bonds is 4. The van der Waals surface area contributed by atoms with Crippen LogP contribution in [0.1, 0.15) is 37.4 Å². The van der Waals surface area contributed by atoms with Gasteiger partial charge >= 0.3 is 0 Å². The van der Waals surface area contributed by atoms with E-state index in [1.54, 1.807) is 10.8 Å². The standard InChI is InChI=1S/C47H33N3O2/c1-28-20-23-40(48-27-28)50(37-18-11-17-36-41(37)31-14-7-9-16-35(31)49(36)30-12-5-4-6-13-30)38-26-34-44(46-42(38)32-15-8-10-19-39(32)52-46)43-33(47(34,2)3)22-21-29-24-25-51-45(29)43/h4-27H,1-3H3/i4D,5D,6D,12D,13D. The van der Waals surface area contributed by atoms with Crippen molar-refractivity contribution in [1.82, 2.24) is 9.55 Å². The number of furan rings is 2. The van der Waals surface area contributed by atoms with Crippen LogP contribution in [0.2, 0.25) is 0 Å². The van der Waals surface area contributed by atoms with Crippen molar-refractivity contribution in [3.8, 4) is 16.8 Å². The summed E-state index contributed by atoms with van der Waals surface area (Å²) in [4.78, 5) is 7.25. The molecule has 0 N–H and O–H groups in total. The fourth-order valence-electron chi connectivity index (χ4n) is 8.49. The Kier molecular flexibility index (Phi) is 4.94. The first kappa shape index (κ1) is 24.5. The SMILES string of the molecule is [2H]c1c([2H])c([2H])c(-n2c3ccccc3c3c(N(c4ccc(C)cn4)c4cc5c(c6oc7ccccc7c46)-c4c(ccc6ccoc46)C5(C)C)cccc32)c([2H])c1[2H]. The van der Waals surface area contributed by atoms with Gasteiger partial charge in [0.1, 0.15) is 22.6 Å². The molecule has 0 spiro atoms. The highest BCUT2D eigenvalue weighted by Crippen LogP contribution is 2.58.